The largest absolute Gasteiger partial charge is 0.489 e. The van der Waals surface area contributed by atoms with E-state index in [1.807, 2.05) is 6.07 Å². The highest BCUT2D eigenvalue weighted by Crippen LogP contribution is 2.28. The van der Waals surface area contributed by atoms with Crippen LogP contribution in [0.4, 0.5) is 10.5 Å². The van der Waals surface area contributed by atoms with Gasteiger partial charge in [0.05, 0.1) is 11.6 Å². The number of imide groups is 1. The lowest BCUT2D eigenvalue weighted by Crippen LogP contribution is -2.40. The Kier molecular flexibility index (Phi) is 5.89. The van der Waals surface area contributed by atoms with Crippen molar-refractivity contribution in [1.29, 1.82) is 0 Å². The molecule has 3 amide bonds. The van der Waals surface area contributed by atoms with E-state index in [1.54, 1.807) is 43.3 Å². The number of benzene rings is 2. The first kappa shape index (κ1) is 19.5. The molecule has 2 aromatic carbocycles. The number of hydrogen-bond acceptors (Lipinski definition) is 4. The molecule has 27 heavy (non-hydrogen) atoms. The molecule has 0 aromatic heterocycles. The van der Waals surface area contributed by atoms with Crippen LogP contribution in [-0.4, -0.2) is 47.2 Å². The van der Waals surface area contributed by atoms with Crippen molar-refractivity contribution >= 4 is 40.8 Å². The third kappa shape index (κ3) is 4.18. The molecule has 0 aliphatic carbocycles. The van der Waals surface area contributed by atoms with Crippen LogP contribution in [-0.2, 0) is 4.79 Å². The third-order valence-electron chi connectivity index (χ3n) is 4.20. The number of anilines is 1. The molecule has 6 nitrogen and oxygen atoms in total. The second kappa shape index (κ2) is 8.17. The molecule has 1 saturated heterocycles. The first-order valence-corrected chi connectivity index (χ1v) is 9.09. The molecule has 0 bridgehead atoms. The monoisotopic (exact) mass is 408 g/mol. The molecule has 2 aromatic rings. The van der Waals surface area contributed by atoms with Gasteiger partial charge < -0.3 is 9.84 Å². The molecule has 2 unspecified atom stereocenters. The number of ether oxygens (including phenoxy) is 1. The molecule has 2 atom stereocenters. The van der Waals surface area contributed by atoms with E-state index in [0.29, 0.717) is 21.5 Å². The third-order valence-corrected chi connectivity index (χ3v) is 4.73. The fraction of sp³-hybridized carbons (Fsp3) is 0.263. The van der Waals surface area contributed by atoms with E-state index in [9.17, 15) is 14.7 Å². The summed E-state index contributed by atoms with van der Waals surface area (Å²) in [5, 5.41) is 11.0. The summed E-state index contributed by atoms with van der Waals surface area (Å²) in [6.07, 6.45) is -1.06. The molecule has 0 spiro atoms. The average Bonchev–Trinajstić information content (AvgIpc) is 2.85. The van der Waals surface area contributed by atoms with Gasteiger partial charge in [-0.05, 0) is 37.3 Å². The summed E-state index contributed by atoms with van der Waals surface area (Å²) in [6.45, 7) is 1.36. The summed E-state index contributed by atoms with van der Waals surface area (Å²) in [6, 6.07) is 12.5. The van der Waals surface area contributed by atoms with Gasteiger partial charge in [-0.15, -0.1) is 0 Å². The average molecular weight is 409 g/mol. The molecule has 1 aliphatic rings. The number of β-amino-alcohol motifs (C(OH)–C–C–N with tert-alkyl or cyclic N) is 1. The van der Waals surface area contributed by atoms with Crippen molar-refractivity contribution in [2.24, 2.45) is 0 Å². The molecule has 1 aliphatic heterocycles. The van der Waals surface area contributed by atoms with Crippen molar-refractivity contribution in [2.45, 2.75) is 19.1 Å². The Labute approximate surface area is 166 Å². The summed E-state index contributed by atoms with van der Waals surface area (Å²) in [4.78, 5) is 27.6. The minimum absolute atomic E-state index is 0.127. The molecule has 3 rings (SSSR count). The number of rotatable bonds is 6. The number of hydrogen-bond donors (Lipinski definition) is 1. The number of aliphatic hydroxyl groups is 1. The number of urea groups is 1. The van der Waals surface area contributed by atoms with Gasteiger partial charge in [0.15, 0.2) is 0 Å². The fourth-order valence-electron chi connectivity index (χ4n) is 2.86. The summed E-state index contributed by atoms with van der Waals surface area (Å²) >= 11 is 11.8. The Morgan fingerprint density at radius 1 is 1.15 bits per heavy atom. The van der Waals surface area contributed by atoms with Crippen molar-refractivity contribution in [3.8, 4) is 5.75 Å². The molecule has 1 N–H and O–H groups in total. The Morgan fingerprint density at radius 2 is 1.85 bits per heavy atom. The van der Waals surface area contributed by atoms with E-state index in [-0.39, 0.29) is 19.1 Å². The van der Waals surface area contributed by atoms with Gasteiger partial charge in [-0.2, -0.15) is 0 Å². The highest BCUT2D eigenvalue weighted by Gasteiger charge is 2.43. The van der Waals surface area contributed by atoms with Gasteiger partial charge in [0.2, 0.25) is 0 Å². The second-order valence-electron chi connectivity index (χ2n) is 6.15. The molecular weight excluding hydrogens is 391 g/mol. The summed E-state index contributed by atoms with van der Waals surface area (Å²) in [5.74, 6) is -0.00843. The molecule has 1 heterocycles. The molecular formula is C19H18Cl2N2O4. The van der Waals surface area contributed by atoms with Crippen molar-refractivity contribution in [3.63, 3.8) is 0 Å². The van der Waals surface area contributed by atoms with Crippen LogP contribution in [0, 0.1) is 0 Å². The topological polar surface area (TPSA) is 70.1 Å². The van der Waals surface area contributed by atoms with Crippen molar-refractivity contribution < 1.29 is 19.4 Å². The Hall–Kier alpha value is -2.28. The predicted molar refractivity (Wildman–Crippen MR) is 103 cm³/mol. The number of carbonyl (C=O) groups excluding carboxylic acids is 2. The maximum Gasteiger partial charge on any atom is 0.332 e. The van der Waals surface area contributed by atoms with Crippen molar-refractivity contribution in [3.05, 3.63) is 58.6 Å². The first-order valence-electron chi connectivity index (χ1n) is 8.34. The number of aliphatic hydroxyl groups excluding tert-OH is 1. The SMILES string of the molecule is CC1C(=O)N(CC(O)COc2ccc(Cl)cc2Cl)C(=O)N1c1ccccc1. The zero-order chi connectivity index (χ0) is 19.6. The van der Waals surface area contributed by atoms with Gasteiger partial charge >= 0.3 is 6.03 Å². The Bertz CT molecular complexity index is 847. The van der Waals surface area contributed by atoms with E-state index in [2.05, 4.69) is 0 Å². The van der Waals surface area contributed by atoms with Gasteiger partial charge in [-0.1, -0.05) is 41.4 Å². The molecule has 8 heteroatoms. The van der Waals surface area contributed by atoms with E-state index < -0.39 is 18.2 Å². The molecule has 0 radical (unpaired) electrons. The van der Waals surface area contributed by atoms with Crippen LogP contribution in [0.2, 0.25) is 10.0 Å². The number of carbonyl (C=O) groups is 2. The maximum atomic E-state index is 12.7. The standard InChI is InChI=1S/C19H18Cl2N2O4/c1-12-18(25)22(19(26)23(12)14-5-3-2-4-6-14)10-15(24)11-27-17-8-7-13(20)9-16(17)21/h2-9,12,15,24H,10-11H2,1H3. The van der Waals surface area contributed by atoms with Crippen LogP contribution in [0.3, 0.4) is 0 Å². The summed E-state index contributed by atoms with van der Waals surface area (Å²) in [5.41, 5.74) is 0.629. The maximum absolute atomic E-state index is 12.7. The minimum Gasteiger partial charge on any atom is -0.489 e. The smallest absolute Gasteiger partial charge is 0.332 e. The van der Waals surface area contributed by atoms with Crippen LogP contribution < -0.4 is 9.64 Å². The van der Waals surface area contributed by atoms with Gasteiger partial charge in [0.25, 0.3) is 5.91 Å². The lowest BCUT2D eigenvalue weighted by atomic mass is 10.2. The normalized spacial score (nSPS) is 18.1. The molecule has 0 saturated carbocycles. The minimum atomic E-state index is -1.06. The quantitative estimate of drug-likeness (QED) is 0.741. The van der Waals surface area contributed by atoms with E-state index in [0.717, 1.165) is 4.90 Å². The zero-order valence-electron chi connectivity index (χ0n) is 14.5. The van der Waals surface area contributed by atoms with Gasteiger partial charge in [-0.25, -0.2) is 4.79 Å². The number of amides is 3. The van der Waals surface area contributed by atoms with Crippen LogP contribution in [0.25, 0.3) is 0 Å². The lowest BCUT2D eigenvalue weighted by molar-refractivity contribution is -0.128. The van der Waals surface area contributed by atoms with Gasteiger partial charge in [0.1, 0.15) is 24.5 Å². The molecule has 1 fully saturated rings. The van der Waals surface area contributed by atoms with Crippen LogP contribution in [0.15, 0.2) is 48.5 Å². The second-order valence-corrected chi connectivity index (χ2v) is 7.00. The zero-order valence-corrected chi connectivity index (χ0v) is 16.0. The first-order chi connectivity index (χ1) is 12.9. The van der Waals surface area contributed by atoms with E-state index >= 15 is 0 Å². The van der Waals surface area contributed by atoms with Crippen molar-refractivity contribution in [2.75, 3.05) is 18.1 Å². The van der Waals surface area contributed by atoms with Crippen LogP contribution in [0.5, 0.6) is 5.75 Å². The fourth-order valence-corrected chi connectivity index (χ4v) is 3.32. The summed E-state index contributed by atoms with van der Waals surface area (Å²) < 4.78 is 5.47. The van der Waals surface area contributed by atoms with Gasteiger partial charge in [-0.3, -0.25) is 14.6 Å². The number of halogens is 2. The van der Waals surface area contributed by atoms with E-state index in [1.165, 1.54) is 11.0 Å². The van der Waals surface area contributed by atoms with Crippen LogP contribution >= 0.6 is 23.2 Å². The van der Waals surface area contributed by atoms with Gasteiger partial charge in [0, 0.05) is 10.7 Å². The highest BCUT2D eigenvalue weighted by atomic mass is 35.5. The Morgan fingerprint density at radius 3 is 2.52 bits per heavy atom. The van der Waals surface area contributed by atoms with Crippen LogP contribution in [0.1, 0.15) is 6.92 Å². The lowest BCUT2D eigenvalue weighted by Gasteiger charge is -2.20. The van der Waals surface area contributed by atoms with E-state index in [4.69, 9.17) is 27.9 Å². The van der Waals surface area contributed by atoms with Crippen molar-refractivity contribution in [1.82, 2.24) is 4.90 Å². The molecule has 142 valence electrons. The highest BCUT2D eigenvalue weighted by molar-refractivity contribution is 6.35. The predicted octanol–water partition coefficient (Wildman–Crippen LogP) is 3.59. The Balaban J connectivity index is 1.64. The number of para-hydroxylation sites is 1. The number of nitrogens with zero attached hydrogens (tertiary/aromatic N) is 2. The summed E-state index contributed by atoms with van der Waals surface area (Å²) in [7, 11) is 0.